The number of hydrogen-bond donors (Lipinski definition) is 6. The monoisotopic (exact) mass is 309 g/mol. The van der Waals surface area contributed by atoms with Crippen LogP contribution in [0.25, 0.3) is 0 Å². The van der Waals surface area contributed by atoms with E-state index in [-0.39, 0.29) is 0 Å². The Morgan fingerprint density at radius 2 is 1.52 bits per heavy atom. The summed E-state index contributed by atoms with van der Waals surface area (Å²) in [5.74, 6) is -6.57. The summed E-state index contributed by atoms with van der Waals surface area (Å²) in [6.07, 6.45) is -3.97. The van der Waals surface area contributed by atoms with Gasteiger partial charge >= 0.3 is 23.9 Å². The van der Waals surface area contributed by atoms with Crippen LogP contribution in [0.15, 0.2) is 0 Å². The number of carbonyl (C=O) groups is 4. The maximum absolute atomic E-state index is 11.4. The molecule has 0 spiro atoms. The first-order valence-electron chi connectivity index (χ1n) is 5.54. The van der Waals surface area contributed by atoms with Gasteiger partial charge in [-0.1, -0.05) is 0 Å². The lowest BCUT2D eigenvalue weighted by atomic mass is 9.95. The van der Waals surface area contributed by atoms with Crippen molar-refractivity contribution in [3.63, 3.8) is 0 Å². The summed E-state index contributed by atoms with van der Waals surface area (Å²) in [4.78, 5) is 43.8. The third kappa shape index (κ3) is 6.65. The Labute approximate surface area is 117 Å². The Bertz CT molecular complexity index is 404. The van der Waals surface area contributed by atoms with E-state index in [4.69, 9.17) is 25.5 Å². The van der Waals surface area contributed by atoms with Crippen LogP contribution in [-0.2, 0) is 23.9 Å². The van der Waals surface area contributed by atoms with Gasteiger partial charge in [0, 0.05) is 0 Å². The van der Waals surface area contributed by atoms with Crippen LogP contribution in [0, 0.1) is 0 Å². The van der Waals surface area contributed by atoms with Crippen LogP contribution in [0.5, 0.6) is 0 Å². The van der Waals surface area contributed by atoms with Crippen molar-refractivity contribution >= 4 is 23.9 Å². The zero-order valence-electron chi connectivity index (χ0n) is 10.7. The molecule has 0 aromatic rings. The van der Waals surface area contributed by atoms with E-state index in [9.17, 15) is 19.2 Å². The second-order valence-electron chi connectivity index (χ2n) is 3.99. The van der Waals surface area contributed by atoms with Gasteiger partial charge in [-0.05, 0) is 0 Å². The fourth-order valence-corrected chi connectivity index (χ4v) is 1.34. The minimum atomic E-state index is -2.76. The number of hydrogen-bond acceptors (Lipinski definition) is 8. The molecule has 0 rings (SSSR count). The predicted octanol–water partition coefficient (Wildman–Crippen LogP) is -2.80. The van der Waals surface area contributed by atoms with Crippen LogP contribution in [0.4, 0.5) is 0 Å². The summed E-state index contributed by atoms with van der Waals surface area (Å²) in [7, 11) is 0. The molecule has 1 atom stereocenters. The van der Waals surface area contributed by atoms with E-state index in [1.54, 1.807) is 0 Å². The van der Waals surface area contributed by atoms with Gasteiger partial charge in [-0.2, -0.15) is 0 Å². The molecule has 6 N–H and O–H groups in total. The zero-order valence-corrected chi connectivity index (χ0v) is 10.7. The van der Waals surface area contributed by atoms with Crippen LogP contribution in [0.2, 0.25) is 0 Å². The first-order valence-corrected chi connectivity index (χ1v) is 5.54. The van der Waals surface area contributed by atoms with Crippen molar-refractivity contribution in [2.45, 2.75) is 24.7 Å². The van der Waals surface area contributed by atoms with E-state index in [1.165, 1.54) is 0 Å². The topological polar surface area (TPSA) is 191 Å². The van der Waals surface area contributed by atoms with E-state index >= 15 is 0 Å². The molecule has 0 saturated carbocycles. The van der Waals surface area contributed by atoms with Gasteiger partial charge in [0.2, 0.25) is 5.60 Å². The molecule has 0 saturated heterocycles. The number of aliphatic hydroxyl groups is 2. The fourth-order valence-electron chi connectivity index (χ4n) is 1.34. The Morgan fingerprint density at radius 3 is 1.86 bits per heavy atom. The molecule has 0 heterocycles. The molecule has 0 amide bonds. The van der Waals surface area contributed by atoms with E-state index in [0.29, 0.717) is 0 Å². The summed E-state index contributed by atoms with van der Waals surface area (Å²) in [5.41, 5.74) is -2.76. The van der Waals surface area contributed by atoms with Gasteiger partial charge in [0.15, 0.2) is 0 Å². The quantitative estimate of drug-likeness (QED) is 0.180. The lowest BCUT2D eigenvalue weighted by molar-refractivity contribution is -0.185. The Hall–Kier alpha value is -2.24. The largest absolute Gasteiger partial charge is 0.481 e. The third-order valence-electron chi connectivity index (χ3n) is 2.23. The van der Waals surface area contributed by atoms with Gasteiger partial charge in [0.25, 0.3) is 0 Å². The van der Waals surface area contributed by atoms with Gasteiger partial charge < -0.3 is 30.3 Å². The minimum Gasteiger partial charge on any atom is -0.481 e. The molecule has 0 aliphatic heterocycles. The van der Waals surface area contributed by atoms with Crippen LogP contribution in [0.3, 0.4) is 0 Å². The van der Waals surface area contributed by atoms with Crippen LogP contribution in [0.1, 0.15) is 12.8 Å². The minimum absolute atomic E-state index is 0.735. The third-order valence-corrected chi connectivity index (χ3v) is 2.23. The Morgan fingerprint density at radius 1 is 1.05 bits per heavy atom. The van der Waals surface area contributed by atoms with Crippen molar-refractivity contribution in [2.75, 3.05) is 13.2 Å². The highest BCUT2D eigenvalue weighted by molar-refractivity contribution is 5.90. The Kier molecular flexibility index (Phi) is 7.27. The molecule has 0 aromatic heterocycles. The molecule has 11 nitrogen and oxygen atoms in total. The molecule has 0 fully saturated rings. The molecule has 21 heavy (non-hydrogen) atoms. The van der Waals surface area contributed by atoms with E-state index in [0.717, 1.165) is 0 Å². The van der Waals surface area contributed by atoms with Gasteiger partial charge in [-0.3, -0.25) is 19.7 Å². The second kappa shape index (κ2) is 8.14. The van der Waals surface area contributed by atoms with E-state index in [1.807, 2.05) is 5.32 Å². The first-order chi connectivity index (χ1) is 9.62. The molecule has 0 aliphatic carbocycles. The second-order valence-corrected chi connectivity index (χ2v) is 3.99. The number of esters is 1. The molecular weight excluding hydrogens is 294 g/mol. The maximum atomic E-state index is 11.4. The smallest absolute Gasteiger partial charge is 0.349 e. The highest BCUT2D eigenvalue weighted by atomic mass is 16.6. The summed E-state index contributed by atoms with van der Waals surface area (Å²) < 4.78 is 4.46. The van der Waals surface area contributed by atoms with Gasteiger partial charge in [-0.15, -0.1) is 0 Å². The maximum Gasteiger partial charge on any atom is 0.349 e. The molecule has 11 heteroatoms. The first kappa shape index (κ1) is 18.8. The highest BCUT2D eigenvalue weighted by Crippen LogP contribution is 2.22. The number of carboxylic acid groups (broad SMARTS) is 3. The van der Waals surface area contributed by atoms with Crippen molar-refractivity contribution in [1.82, 2.24) is 5.32 Å². The number of rotatable bonds is 10. The van der Waals surface area contributed by atoms with Crippen LogP contribution >= 0.6 is 0 Å². The van der Waals surface area contributed by atoms with Gasteiger partial charge in [-0.25, -0.2) is 4.79 Å². The predicted molar refractivity (Wildman–Crippen MR) is 62.1 cm³/mol. The molecular formula is C10H15NO10. The van der Waals surface area contributed by atoms with Crippen molar-refractivity contribution in [1.29, 1.82) is 0 Å². The van der Waals surface area contributed by atoms with E-state index < -0.39 is 61.7 Å². The van der Waals surface area contributed by atoms with E-state index in [2.05, 4.69) is 4.74 Å². The number of carbonyl (C=O) groups excluding carboxylic acids is 1. The van der Waals surface area contributed by atoms with Crippen LogP contribution < -0.4 is 5.32 Å². The summed E-state index contributed by atoms with van der Waals surface area (Å²) in [6, 6.07) is 0. The van der Waals surface area contributed by atoms with Crippen molar-refractivity contribution in [3.8, 4) is 0 Å². The van der Waals surface area contributed by atoms with Crippen LogP contribution in [-0.4, -0.2) is 74.4 Å². The molecule has 0 bridgehead atoms. The Balaban J connectivity index is 5.02. The average molecular weight is 309 g/mol. The summed E-state index contributed by atoms with van der Waals surface area (Å²) >= 11 is 0. The highest BCUT2D eigenvalue weighted by Gasteiger charge is 2.47. The number of ether oxygens (including phenoxy) is 1. The van der Waals surface area contributed by atoms with Gasteiger partial charge in [0.05, 0.1) is 26.0 Å². The normalized spacial score (nSPS) is 12.5. The SMILES string of the molecule is O=C(O)CC(CC(=O)O)(OC(=O)CNC(O)CO)C(=O)O. The molecule has 0 aromatic carbocycles. The van der Waals surface area contributed by atoms with Crippen molar-refractivity contribution < 1.29 is 49.4 Å². The average Bonchev–Trinajstić information content (AvgIpc) is 2.33. The molecule has 0 aliphatic rings. The van der Waals surface area contributed by atoms with Crippen molar-refractivity contribution in [3.05, 3.63) is 0 Å². The lowest BCUT2D eigenvalue weighted by Crippen LogP contribution is -2.49. The van der Waals surface area contributed by atoms with Crippen molar-refractivity contribution in [2.24, 2.45) is 0 Å². The molecule has 1 unspecified atom stereocenters. The van der Waals surface area contributed by atoms with Gasteiger partial charge in [0.1, 0.15) is 6.23 Å². The number of nitrogens with one attached hydrogen (secondary N) is 1. The number of carboxylic acids is 3. The summed E-state index contributed by atoms with van der Waals surface area (Å²) in [5, 5.41) is 45.7. The molecule has 120 valence electrons. The zero-order chi connectivity index (χ0) is 16.6. The summed E-state index contributed by atoms with van der Waals surface area (Å²) in [6.45, 7) is -1.49. The number of aliphatic carboxylic acids is 3. The lowest BCUT2D eigenvalue weighted by Gasteiger charge is -2.26. The number of aliphatic hydroxyl groups excluding tert-OH is 2. The molecule has 0 radical (unpaired) electrons. The standard InChI is InChI=1S/C10H15NO10/c12-4-5(13)11-3-8(18)21-10(9(19)20,1-6(14)15)2-7(16)17/h5,11-13H,1-4H2,(H,14,15)(H,16,17)(H,19,20). The fraction of sp³-hybridized carbons (Fsp3) is 0.600.